The van der Waals surface area contributed by atoms with E-state index in [2.05, 4.69) is 18.4 Å². The van der Waals surface area contributed by atoms with Crippen molar-refractivity contribution in [2.24, 2.45) is 5.92 Å². The van der Waals surface area contributed by atoms with Crippen LogP contribution in [0.4, 0.5) is 0 Å². The molecule has 2 atom stereocenters. The van der Waals surface area contributed by atoms with Gasteiger partial charge in [-0.25, -0.2) is 0 Å². The Labute approximate surface area is 182 Å². The Morgan fingerprint density at radius 3 is 2.48 bits per heavy atom. The van der Waals surface area contributed by atoms with Gasteiger partial charge >= 0.3 is 0 Å². The minimum absolute atomic E-state index is 0.0390. The van der Waals surface area contributed by atoms with Gasteiger partial charge in [-0.3, -0.25) is 4.79 Å². The summed E-state index contributed by atoms with van der Waals surface area (Å²) < 4.78 is 0. The summed E-state index contributed by atoms with van der Waals surface area (Å²) in [4.78, 5) is 24.5. The molecular formula is C23H29NO3S2. The van der Waals surface area contributed by atoms with E-state index >= 15 is 0 Å². The number of Topliss-reactive ketones (excluding diaryl/α,β-unsaturated/α-hetero) is 1. The van der Waals surface area contributed by atoms with Crippen molar-refractivity contribution in [2.45, 2.75) is 31.7 Å². The van der Waals surface area contributed by atoms with Crippen LogP contribution in [0.2, 0.25) is 0 Å². The second-order valence-corrected chi connectivity index (χ2v) is 8.61. The lowest BCUT2D eigenvalue weighted by Gasteiger charge is -2.18. The molecule has 3 N–H and O–H groups in total. The van der Waals surface area contributed by atoms with Gasteiger partial charge in [0.2, 0.25) is 0 Å². The highest BCUT2D eigenvalue weighted by Crippen LogP contribution is 2.28. The zero-order valence-corrected chi connectivity index (χ0v) is 18.5. The first-order valence-electron chi connectivity index (χ1n) is 9.81. The van der Waals surface area contributed by atoms with E-state index in [1.165, 1.54) is 0 Å². The molecule has 156 valence electrons. The standard InChI is InChI=1S/C23H29NO3S2/c1-29-12-11-18(23(26)27)14-22(25)20-10-8-16(7-9-19(24)15-28)13-21(20)17-5-3-2-4-6-17/h2-6,8,10,13,18-19,28H,7,9,11-12,14-15,24H2,1H3,(H,26,27)/t18-,19-/m1/s1. The van der Waals surface area contributed by atoms with E-state index in [1.807, 2.05) is 54.8 Å². The maximum Gasteiger partial charge on any atom is 0.164 e. The maximum absolute atomic E-state index is 13.0. The lowest BCUT2D eigenvalue weighted by Crippen LogP contribution is -2.62. The van der Waals surface area contributed by atoms with Gasteiger partial charge in [0, 0.05) is 36.0 Å². The molecule has 0 heterocycles. The van der Waals surface area contributed by atoms with E-state index in [0.717, 1.165) is 35.3 Å². The van der Waals surface area contributed by atoms with Crippen LogP contribution >= 0.6 is 24.4 Å². The van der Waals surface area contributed by atoms with Gasteiger partial charge in [-0.15, -0.1) is 0 Å². The number of carboxylic acids is 1. The van der Waals surface area contributed by atoms with Crippen LogP contribution in [0, 0.1) is 5.92 Å². The van der Waals surface area contributed by atoms with Crippen LogP contribution in [0.1, 0.15) is 35.2 Å². The number of rotatable bonds is 12. The Morgan fingerprint density at radius 1 is 1.14 bits per heavy atom. The summed E-state index contributed by atoms with van der Waals surface area (Å²) in [5.41, 5.74) is 7.58. The van der Waals surface area contributed by atoms with Gasteiger partial charge in [0.15, 0.2) is 5.78 Å². The average molecular weight is 432 g/mol. The van der Waals surface area contributed by atoms with E-state index in [4.69, 9.17) is 0 Å². The second kappa shape index (κ2) is 12.1. The van der Waals surface area contributed by atoms with E-state index < -0.39 is 11.9 Å². The molecular weight excluding hydrogens is 402 g/mol. The predicted octanol–water partition coefficient (Wildman–Crippen LogP) is 2.52. The summed E-state index contributed by atoms with van der Waals surface area (Å²) >= 11 is 5.86. The fraction of sp³-hybridized carbons (Fsp3) is 0.391. The van der Waals surface area contributed by atoms with Crippen molar-refractivity contribution >= 4 is 36.1 Å². The highest BCUT2D eigenvalue weighted by atomic mass is 32.2. The zero-order valence-electron chi connectivity index (χ0n) is 16.8. The largest absolute Gasteiger partial charge is 0.550 e. The third-order valence-electron chi connectivity index (χ3n) is 5.00. The Bertz CT molecular complexity index is 811. The topological polar surface area (TPSA) is 84.8 Å². The van der Waals surface area contributed by atoms with Crippen molar-refractivity contribution in [3.8, 4) is 11.1 Å². The number of quaternary nitrogens is 1. The van der Waals surface area contributed by atoms with Crippen LogP contribution < -0.4 is 10.8 Å². The van der Waals surface area contributed by atoms with Crippen molar-refractivity contribution < 1.29 is 20.4 Å². The Balaban J connectivity index is 2.31. The van der Waals surface area contributed by atoms with E-state index in [-0.39, 0.29) is 18.2 Å². The molecule has 0 saturated carbocycles. The highest BCUT2D eigenvalue weighted by Gasteiger charge is 2.20. The molecule has 2 rings (SSSR count). The molecule has 0 amide bonds. The number of carbonyl (C=O) groups is 2. The summed E-state index contributed by atoms with van der Waals surface area (Å²) in [7, 11) is 0. The van der Waals surface area contributed by atoms with Crippen LogP contribution in [0.3, 0.4) is 0 Å². The molecule has 0 unspecified atom stereocenters. The average Bonchev–Trinajstić information content (AvgIpc) is 2.74. The molecule has 2 aromatic rings. The summed E-state index contributed by atoms with van der Waals surface area (Å²) in [6.45, 7) is 0. The molecule has 0 aliphatic rings. The molecule has 0 fully saturated rings. The molecule has 6 heteroatoms. The molecule has 0 aliphatic carbocycles. The number of aryl methyl sites for hydroxylation is 1. The maximum atomic E-state index is 13.0. The molecule has 0 aliphatic heterocycles. The summed E-state index contributed by atoms with van der Waals surface area (Å²) in [6, 6.07) is 15.9. The predicted molar refractivity (Wildman–Crippen MR) is 121 cm³/mol. The molecule has 0 radical (unpaired) electrons. The molecule has 0 saturated heterocycles. The van der Waals surface area contributed by atoms with Gasteiger partial charge in [-0.1, -0.05) is 48.5 Å². The van der Waals surface area contributed by atoms with Gasteiger partial charge in [0.25, 0.3) is 0 Å². The molecule has 29 heavy (non-hydrogen) atoms. The smallest absolute Gasteiger partial charge is 0.164 e. The SMILES string of the molecule is CSCC[C@H](CC(=O)c1ccc(CC[C@@H]([NH3+])CS)cc1-c1ccccc1)C(=O)[O-]. The third kappa shape index (κ3) is 7.21. The zero-order chi connectivity index (χ0) is 21.2. The van der Waals surface area contributed by atoms with Gasteiger partial charge in [-0.2, -0.15) is 24.4 Å². The first kappa shape index (κ1) is 23.5. The second-order valence-electron chi connectivity index (χ2n) is 7.26. The molecule has 0 bridgehead atoms. The van der Waals surface area contributed by atoms with E-state index in [0.29, 0.717) is 17.7 Å². The van der Waals surface area contributed by atoms with Crippen LogP contribution in [0.25, 0.3) is 11.1 Å². The third-order valence-corrected chi connectivity index (χ3v) is 6.16. The van der Waals surface area contributed by atoms with Gasteiger partial charge in [0.1, 0.15) is 0 Å². The fourth-order valence-electron chi connectivity index (χ4n) is 3.21. The Morgan fingerprint density at radius 2 is 1.86 bits per heavy atom. The van der Waals surface area contributed by atoms with Gasteiger partial charge < -0.3 is 15.6 Å². The number of aliphatic carboxylic acids is 1. The number of hydrogen-bond acceptors (Lipinski definition) is 5. The van der Waals surface area contributed by atoms with Crippen LogP contribution in [0.5, 0.6) is 0 Å². The lowest BCUT2D eigenvalue weighted by molar-refractivity contribution is -0.413. The number of thioether (sulfide) groups is 1. The monoisotopic (exact) mass is 431 g/mol. The summed E-state index contributed by atoms with van der Waals surface area (Å²) in [5, 5.41) is 11.5. The number of hydrogen-bond donors (Lipinski definition) is 2. The van der Waals surface area contributed by atoms with Crippen molar-refractivity contribution in [3.63, 3.8) is 0 Å². The number of carbonyl (C=O) groups excluding carboxylic acids is 2. The molecule has 2 aromatic carbocycles. The molecule has 0 aromatic heterocycles. The van der Waals surface area contributed by atoms with Gasteiger partial charge in [0.05, 0.1) is 6.04 Å². The quantitative estimate of drug-likeness (QED) is 0.399. The van der Waals surface area contributed by atoms with Crippen molar-refractivity contribution in [2.75, 3.05) is 17.8 Å². The van der Waals surface area contributed by atoms with Crippen LogP contribution in [-0.4, -0.2) is 35.6 Å². The number of carboxylic acid groups (broad SMARTS) is 1. The minimum atomic E-state index is -1.15. The normalized spacial score (nSPS) is 13.1. The number of ketones is 1. The number of benzene rings is 2. The van der Waals surface area contributed by atoms with Gasteiger partial charge in [-0.05, 0) is 41.5 Å². The Hall–Kier alpha value is -1.76. The first-order chi connectivity index (χ1) is 14.0. The highest BCUT2D eigenvalue weighted by molar-refractivity contribution is 7.98. The summed E-state index contributed by atoms with van der Waals surface area (Å²) in [6.07, 6.45) is 4.10. The number of thiol groups is 1. The molecule has 0 spiro atoms. The van der Waals surface area contributed by atoms with E-state index in [1.54, 1.807) is 11.8 Å². The minimum Gasteiger partial charge on any atom is -0.550 e. The van der Waals surface area contributed by atoms with Crippen LogP contribution in [-0.2, 0) is 11.2 Å². The Kier molecular flexibility index (Phi) is 9.78. The molecule has 4 nitrogen and oxygen atoms in total. The fourth-order valence-corrected chi connectivity index (χ4v) is 3.91. The first-order valence-corrected chi connectivity index (χ1v) is 11.8. The van der Waals surface area contributed by atoms with Crippen molar-refractivity contribution in [1.29, 1.82) is 0 Å². The van der Waals surface area contributed by atoms with E-state index in [9.17, 15) is 14.7 Å². The lowest BCUT2D eigenvalue weighted by atomic mass is 9.89. The van der Waals surface area contributed by atoms with Crippen LogP contribution in [0.15, 0.2) is 48.5 Å². The van der Waals surface area contributed by atoms with Crippen molar-refractivity contribution in [3.05, 3.63) is 59.7 Å². The summed E-state index contributed by atoms with van der Waals surface area (Å²) in [5.74, 6) is -0.647. The van der Waals surface area contributed by atoms with Crippen molar-refractivity contribution in [1.82, 2.24) is 0 Å².